The number of hydrogen-bond acceptors (Lipinski definition) is 6. The molecule has 0 saturated heterocycles. The van der Waals surface area contributed by atoms with Gasteiger partial charge in [-0.3, -0.25) is 10.1 Å². The van der Waals surface area contributed by atoms with Crippen molar-refractivity contribution >= 4 is 28.4 Å². The van der Waals surface area contributed by atoms with E-state index in [4.69, 9.17) is 4.52 Å². The second-order valence-corrected chi connectivity index (χ2v) is 8.81. The second-order valence-electron chi connectivity index (χ2n) is 7.78. The number of nitrogens with one attached hydrogen (secondary N) is 2. The molecule has 0 fully saturated rings. The lowest BCUT2D eigenvalue weighted by Gasteiger charge is -2.17. The van der Waals surface area contributed by atoms with E-state index in [1.165, 1.54) is 23.5 Å². The summed E-state index contributed by atoms with van der Waals surface area (Å²) in [4.78, 5) is 32.2. The predicted octanol–water partition coefficient (Wildman–Crippen LogP) is 4.60. The number of anilines is 1. The first kappa shape index (κ1) is 23.4. The Morgan fingerprint density at radius 2 is 2.03 bits per heavy atom. The first-order chi connectivity index (χ1) is 15.2. The first-order valence-electron chi connectivity index (χ1n) is 10.1. The van der Waals surface area contributed by atoms with Crippen LogP contribution in [0.25, 0.3) is 0 Å². The van der Waals surface area contributed by atoms with Crippen LogP contribution in [0.4, 0.5) is 14.3 Å². The lowest BCUT2D eigenvalue weighted by atomic mass is 10.1. The lowest BCUT2D eigenvalue weighted by molar-refractivity contribution is 0.0781. The summed E-state index contributed by atoms with van der Waals surface area (Å²) in [6.45, 7) is 7.95. The first-order valence-corrected chi connectivity index (χ1v) is 10.9. The zero-order valence-electron chi connectivity index (χ0n) is 18.7. The van der Waals surface area contributed by atoms with Crippen LogP contribution in [0.3, 0.4) is 0 Å². The topological polar surface area (TPSA) is 100 Å². The molecule has 3 aromatic rings. The van der Waals surface area contributed by atoms with Crippen LogP contribution >= 0.6 is 11.3 Å². The van der Waals surface area contributed by atoms with Crippen molar-refractivity contribution < 1.29 is 18.5 Å². The number of aromatic nitrogens is 2. The summed E-state index contributed by atoms with van der Waals surface area (Å²) in [5.41, 5.74) is 2.36. The van der Waals surface area contributed by atoms with Gasteiger partial charge in [-0.25, -0.2) is 14.2 Å². The largest absolute Gasteiger partial charge is 0.361 e. The van der Waals surface area contributed by atoms with E-state index in [1.807, 2.05) is 13.8 Å². The summed E-state index contributed by atoms with van der Waals surface area (Å²) in [5.74, 6) is 0.0763. The molecule has 2 heterocycles. The van der Waals surface area contributed by atoms with Gasteiger partial charge in [0.15, 0.2) is 5.13 Å². The molecule has 32 heavy (non-hydrogen) atoms. The number of thiazole rings is 1. The van der Waals surface area contributed by atoms with E-state index in [2.05, 4.69) is 20.8 Å². The van der Waals surface area contributed by atoms with E-state index in [0.29, 0.717) is 33.4 Å². The number of carbonyl (C=O) groups excluding carboxylic acids is 2. The number of carbonyl (C=O) groups is 2. The molecular formula is C22H26FN5O3S. The van der Waals surface area contributed by atoms with Crippen molar-refractivity contribution in [3.8, 4) is 0 Å². The molecule has 3 rings (SSSR count). The Morgan fingerprint density at radius 3 is 2.66 bits per heavy atom. The number of halogens is 1. The van der Waals surface area contributed by atoms with Crippen LogP contribution in [0.15, 0.2) is 28.8 Å². The molecule has 0 aliphatic carbocycles. The minimum atomic E-state index is -0.440. The zero-order chi connectivity index (χ0) is 23.4. The smallest absolute Gasteiger partial charge is 0.321 e. The molecule has 2 aromatic heterocycles. The summed E-state index contributed by atoms with van der Waals surface area (Å²) >= 11 is 1.37. The monoisotopic (exact) mass is 459 g/mol. The van der Waals surface area contributed by atoms with Gasteiger partial charge in [0, 0.05) is 18.5 Å². The molecule has 2 N–H and O–H groups in total. The maximum absolute atomic E-state index is 13.3. The molecule has 10 heteroatoms. The lowest BCUT2D eigenvalue weighted by Crippen LogP contribution is -2.28. The highest BCUT2D eigenvalue weighted by Crippen LogP contribution is 2.31. The number of benzene rings is 1. The number of amides is 3. The molecule has 0 atom stereocenters. The summed E-state index contributed by atoms with van der Waals surface area (Å²) in [7, 11) is 1.69. The fraction of sp³-hybridized carbons (Fsp3) is 0.364. The minimum Gasteiger partial charge on any atom is -0.361 e. The molecule has 0 unspecified atom stereocenters. The van der Waals surface area contributed by atoms with Gasteiger partial charge in [0.05, 0.1) is 17.9 Å². The van der Waals surface area contributed by atoms with Gasteiger partial charge < -0.3 is 14.7 Å². The van der Waals surface area contributed by atoms with E-state index in [1.54, 1.807) is 37.9 Å². The van der Waals surface area contributed by atoms with Crippen LogP contribution in [0.1, 0.15) is 57.7 Å². The molecule has 0 aliphatic rings. The van der Waals surface area contributed by atoms with Crippen LogP contribution in [-0.4, -0.2) is 34.0 Å². The van der Waals surface area contributed by atoms with E-state index in [9.17, 15) is 14.0 Å². The average molecular weight is 460 g/mol. The molecule has 0 radical (unpaired) electrons. The number of aryl methyl sites for hydroxylation is 2. The van der Waals surface area contributed by atoms with Crippen molar-refractivity contribution in [2.24, 2.45) is 0 Å². The normalized spacial score (nSPS) is 11.0. The summed E-state index contributed by atoms with van der Waals surface area (Å²) in [6, 6.07) is 5.59. The number of nitrogens with zero attached hydrogens (tertiary/aromatic N) is 3. The van der Waals surface area contributed by atoms with Crippen molar-refractivity contribution in [2.75, 3.05) is 12.4 Å². The number of rotatable bonds is 7. The average Bonchev–Trinajstić information content (AvgIpc) is 3.28. The standard InChI is InChI=1S/C22H26FN5O3S/c1-12(2)19-17(11-28(5)20(29)18-13(3)27-31-14(18)4)25-22(32-19)26-21(30)24-10-15-7-6-8-16(23)9-15/h6-9,12H,10-11H2,1-5H3,(H2,24,25,26,30). The maximum atomic E-state index is 13.3. The Morgan fingerprint density at radius 1 is 1.28 bits per heavy atom. The molecule has 0 spiro atoms. The SMILES string of the molecule is Cc1noc(C)c1C(=O)N(C)Cc1nc(NC(=O)NCc2cccc(F)c2)sc1C(C)C. The second kappa shape index (κ2) is 9.90. The third-order valence-electron chi connectivity index (χ3n) is 4.80. The van der Waals surface area contributed by atoms with Gasteiger partial charge >= 0.3 is 6.03 Å². The van der Waals surface area contributed by atoms with E-state index in [-0.39, 0.29) is 30.7 Å². The van der Waals surface area contributed by atoms with Crippen molar-refractivity contribution in [2.45, 2.75) is 46.7 Å². The predicted molar refractivity (Wildman–Crippen MR) is 120 cm³/mol. The molecule has 8 nitrogen and oxygen atoms in total. The van der Waals surface area contributed by atoms with Gasteiger partial charge in [0.25, 0.3) is 5.91 Å². The van der Waals surface area contributed by atoms with Crippen LogP contribution in [0.2, 0.25) is 0 Å². The fourth-order valence-electron chi connectivity index (χ4n) is 3.23. The van der Waals surface area contributed by atoms with Crippen molar-refractivity contribution in [1.82, 2.24) is 20.4 Å². The van der Waals surface area contributed by atoms with Crippen molar-refractivity contribution in [3.63, 3.8) is 0 Å². The van der Waals surface area contributed by atoms with Crippen LogP contribution in [0, 0.1) is 19.7 Å². The van der Waals surface area contributed by atoms with Gasteiger partial charge in [0.1, 0.15) is 17.1 Å². The third kappa shape index (κ3) is 5.50. The van der Waals surface area contributed by atoms with Gasteiger partial charge in [-0.2, -0.15) is 0 Å². The third-order valence-corrected chi connectivity index (χ3v) is 6.11. The van der Waals surface area contributed by atoms with Crippen LogP contribution in [-0.2, 0) is 13.1 Å². The molecule has 0 bridgehead atoms. The zero-order valence-corrected chi connectivity index (χ0v) is 19.5. The number of hydrogen-bond donors (Lipinski definition) is 2. The van der Waals surface area contributed by atoms with Crippen molar-refractivity contribution in [3.05, 3.63) is 63.2 Å². The fourth-order valence-corrected chi connectivity index (χ4v) is 4.20. The summed E-state index contributed by atoms with van der Waals surface area (Å²) in [5, 5.41) is 9.69. The summed E-state index contributed by atoms with van der Waals surface area (Å²) in [6.07, 6.45) is 0. The Hall–Kier alpha value is -3.27. The molecule has 170 valence electrons. The van der Waals surface area contributed by atoms with Gasteiger partial charge in [0.2, 0.25) is 0 Å². The highest BCUT2D eigenvalue weighted by molar-refractivity contribution is 7.16. The molecule has 0 aliphatic heterocycles. The Bertz CT molecular complexity index is 1110. The van der Waals surface area contributed by atoms with Crippen LogP contribution in [0.5, 0.6) is 0 Å². The van der Waals surface area contributed by atoms with Crippen molar-refractivity contribution in [1.29, 1.82) is 0 Å². The van der Waals surface area contributed by atoms with E-state index < -0.39 is 6.03 Å². The Balaban J connectivity index is 1.68. The Labute approximate surface area is 189 Å². The van der Waals surface area contributed by atoms with E-state index >= 15 is 0 Å². The molecule has 3 amide bonds. The molecule has 1 aromatic carbocycles. The minimum absolute atomic E-state index is 0.163. The van der Waals surface area contributed by atoms with Gasteiger partial charge in [-0.1, -0.05) is 31.1 Å². The van der Waals surface area contributed by atoms with Crippen LogP contribution < -0.4 is 10.6 Å². The molecule has 0 saturated carbocycles. The number of urea groups is 1. The maximum Gasteiger partial charge on any atom is 0.321 e. The van der Waals surface area contributed by atoms with Gasteiger partial charge in [-0.15, -0.1) is 11.3 Å². The highest BCUT2D eigenvalue weighted by Gasteiger charge is 2.24. The highest BCUT2D eigenvalue weighted by atomic mass is 32.1. The molecular weight excluding hydrogens is 433 g/mol. The summed E-state index contributed by atoms with van der Waals surface area (Å²) < 4.78 is 18.4. The Kier molecular flexibility index (Phi) is 7.24. The van der Waals surface area contributed by atoms with Gasteiger partial charge in [-0.05, 0) is 37.5 Å². The quantitative estimate of drug-likeness (QED) is 0.538. The van der Waals surface area contributed by atoms with E-state index in [0.717, 1.165) is 4.88 Å².